The average Bonchev–Trinajstić information content (AvgIpc) is 2.48. The van der Waals surface area contributed by atoms with E-state index in [0.717, 1.165) is 0 Å². The van der Waals surface area contributed by atoms with Crippen LogP contribution in [0.5, 0.6) is 5.75 Å². The standard InChI is InChI=1S/C15H19ClN2O4/c1-15(2,22-11-5-3-10(16)4-6-11)14(20)18-7-8-21-12(9-18)13(17)19/h3-6,12H,7-9H2,1-2H3,(H2,17,19)/t12-/m0/s1. The number of rotatable bonds is 4. The van der Waals surface area contributed by atoms with Crippen LogP contribution < -0.4 is 10.5 Å². The fourth-order valence-corrected chi connectivity index (χ4v) is 2.35. The van der Waals surface area contributed by atoms with Gasteiger partial charge in [-0.15, -0.1) is 0 Å². The first kappa shape index (κ1) is 16.6. The number of nitrogens with two attached hydrogens (primary N) is 1. The molecule has 1 atom stereocenters. The van der Waals surface area contributed by atoms with Gasteiger partial charge in [-0.25, -0.2) is 0 Å². The molecule has 1 saturated heterocycles. The highest BCUT2D eigenvalue weighted by atomic mass is 35.5. The maximum atomic E-state index is 12.6. The molecule has 0 saturated carbocycles. The summed E-state index contributed by atoms with van der Waals surface area (Å²) in [5, 5.41) is 0.592. The third kappa shape index (κ3) is 3.90. The Labute approximate surface area is 134 Å². The van der Waals surface area contributed by atoms with Crippen molar-refractivity contribution in [1.82, 2.24) is 4.90 Å². The molecule has 0 aromatic heterocycles. The van der Waals surface area contributed by atoms with E-state index in [1.165, 1.54) is 4.90 Å². The molecule has 2 rings (SSSR count). The minimum atomic E-state index is -1.08. The van der Waals surface area contributed by atoms with Crippen LogP contribution in [-0.4, -0.2) is 48.1 Å². The Kier molecular flexibility index (Phi) is 4.93. The van der Waals surface area contributed by atoms with E-state index in [-0.39, 0.29) is 19.1 Å². The molecule has 0 radical (unpaired) electrons. The quantitative estimate of drug-likeness (QED) is 0.901. The number of amides is 2. The van der Waals surface area contributed by atoms with E-state index in [4.69, 9.17) is 26.8 Å². The molecule has 1 fully saturated rings. The lowest BCUT2D eigenvalue weighted by atomic mass is 10.1. The molecule has 0 unspecified atom stereocenters. The number of carbonyl (C=O) groups excluding carboxylic acids is 2. The van der Waals surface area contributed by atoms with Gasteiger partial charge in [-0.2, -0.15) is 0 Å². The van der Waals surface area contributed by atoms with Gasteiger partial charge in [-0.05, 0) is 38.1 Å². The van der Waals surface area contributed by atoms with Gasteiger partial charge in [-0.1, -0.05) is 11.6 Å². The Hall–Kier alpha value is -1.79. The van der Waals surface area contributed by atoms with E-state index in [0.29, 0.717) is 17.3 Å². The first-order chi connectivity index (χ1) is 10.3. The van der Waals surface area contributed by atoms with Crippen molar-refractivity contribution in [3.8, 4) is 5.75 Å². The fraction of sp³-hybridized carbons (Fsp3) is 0.467. The molecule has 1 aromatic rings. The first-order valence-electron chi connectivity index (χ1n) is 6.94. The van der Waals surface area contributed by atoms with Gasteiger partial charge >= 0.3 is 0 Å². The van der Waals surface area contributed by atoms with E-state index >= 15 is 0 Å². The van der Waals surface area contributed by atoms with Crippen LogP contribution in [0.25, 0.3) is 0 Å². The average molecular weight is 327 g/mol. The minimum absolute atomic E-state index is 0.140. The van der Waals surface area contributed by atoms with Crippen molar-refractivity contribution in [3.63, 3.8) is 0 Å². The highest BCUT2D eigenvalue weighted by Gasteiger charge is 2.37. The van der Waals surface area contributed by atoms with Crippen molar-refractivity contribution in [2.75, 3.05) is 19.7 Å². The lowest BCUT2D eigenvalue weighted by Gasteiger charge is -2.36. The minimum Gasteiger partial charge on any atom is -0.478 e. The second-order valence-electron chi connectivity index (χ2n) is 5.58. The zero-order valence-corrected chi connectivity index (χ0v) is 13.3. The van der Waals surface area contributed by atoms with Crippen molar-refractivity contribution in [2.45, 2.75) is 25.6 Å². The van der Waals surface area contributed by atoms with Gasteiger partial charge in [0.15, 0.2) is 11.7 Å². The molecular weight excluding hydrogens is 308 g/mol. The number of nitrogens with zero attached hydrogens (tertiary/aromatic N) is 1. The second kappa shape index (κ2) is 6.54. The normalized spacial score (nSPS) is 18.9. The lowest BCUT2D eigenvalue weighted by Crippen LogP contribution is -2.56. The molecule has 1 heterocycles. The van der Waals surface area contributed by atoms with Crippen LogP contribution in [0.1, 0.15) is 13.8 Å². The van der Waals surface area contributed by atoms with Crippen LogP contribution >= 0.6 is 11.6 Å². The molecule has 1 aromatic carbocycles. The van der Waals surface area contributed by atoms with Crippen LogP contribution in [0.15, 0.2) is 24.3 Å². The molecule has 1 aliphatic rings. The molecule has 1 aliphatic heterocycles. The molecule has 2 amide bonds. The molecule has 2 N–H and O–H groups in total. The molecule has 120 valence electrons. The summed E-state index contributed by atoms with van der Waals surface area (Å²) in [5.41, 5.74) is 4.15. The topological polar surface area (TPSA) is 81.9 Å². The highest BCUT2D eigenvalue weighted by Crippen LogP contribution is 2.23. The zero-order valence-electron chi connectivity index (χ0n) is 12.5. The maximum Gasteiger partial charge on any atom is 0.266 e. The molecule has 22 heavy (non-hydrogen) atoms. The summed E-state index contributed by atoms with van der Waals surface area (Å²) in [6.45, 7) is 4.17. The maximum absolute atomic E-state index is 12.6. The molecule has 0 bridgehead atoms. The third-order valence-electron chi connectivity index (χ3n) is 3.37. The van der Waals surface area contributed by atoms with E-state index in [1.807, 2.05) is 0 Å². The molecule has 0 spiro atoms. The number of carbonyl (C=O) groups is 2. The van der Waals surface area contributed by atoms with E-state index < -0.39 is 17.6 Å². The number of hydrogen-bond donors (Lipinski definition) is 1. The van der Waals surface area contributed by atoms with Gasteiger partial charge in [0.1, 0.15) is 5.75 Å². The van der Waals surface area contributed by atoms with E-state index in [9.17, 15) is 9.59 Å². The third-order valence-corrected chi connectivity index (χ3v) is 3.62. The second-order valence-corrected chi connectivity index (χ2v) is 6.02. The van der Waals surface area contributed by atoms with Crippen molar-refractivity contribution >= 4 is 23.4 Å². The van der Waals surface area contributed by atoms with Crippen LogP contribution in [0.4, 0.5) is 0 Å². The highest BCUT2D eigenvalue weighted by molar-refractivity contribution is 6.30. The smallest absolute Gasteiger partial charge is 0.266 e. The van der Waals surface area contributed by atoms with Crippen molar-refractivity contribution in [1.29, 1.82) is 0 Å². The van der Waals surface area contributed by atoms with Gasteiger partial charge in [-0.3, -0.25) is 9.59 Å². The summed E-state index contributed by atoms with van der Waals surface area (Å²) in [4.78, 5) is 25.4. The number of benzene rings is 1. The summed E-state index contributed by atoms with van der Waals surface area (Å²) >= 11 is 5.82. The largest absolute Gasteiger partial charge is 0.478 e. The van der Waals surface area contributed by atoms with Crippen molar-refractivity contribution in [3.05, 3.63) is 29.3 Å². The van der Waals surface area contributed by atoms with Crippen LogP contribution in [0, 0.1) is 0 Å². The molecule has 7 heteroatoms. The summed E-state index contributed by atoms with van der Waals surface area (Å²) in [6, 6.07) is 6.77. The fourth-order valence-electron chi connectivity index (χ4n) is 2.23. The lowest BCUT2D eigenvalue weighted by molar-refractivity contribution is -0.155. The van der Waals surface area contributed by atoms with Crippen molar-refractivity contribution in [2.24, 2.45) is 5.73 Å². The molecule has 0 aliphatic carbocycles. The number of morpholine rings is 1. The number of hydrogen-bond acceptors (Lipinski definition) is 4. The number of primary amides is 1. The summed E-state index contributed by atoms with van der Waals surface area (Å²) in [6.07, 6.45) is -0.774. The SMILES string of the molecule is CC(C)(Oc1ccc(Cl)cc1)C(=O)N1CCO[C@H](C(N)=O)C1. The van der Waals surface area contributed by atoms with Crippen LogP contribution in [-0.2, 0) is 14.3 Å². The van der Waals surface area contributed by atoms with Gasteiger partial charge in [0.2, 0.25) is 5.91 Å². The monoisotopic (exact) mass is 326 g/mol. The van der Waals surface area contributed by atoms with Gasteiger partial charge in [0.25, 0.3) is 5.91 Å². The van der Waals surface area contributed by atoms with E-state index in [1.54, 1.807) is 38.1 Å². The van der Waals surface area contributed by atoms with Gasteiger partial charge < -0.3 is 20.1 Å². The van der Waals surface area contributed by atoms with Crippen molar-refractivity contribution < 1.29 is 19.1 Å². The van der Waals surface area contributed by atoms with E-state index in [2.05, 4.69) is 0 Å². The van der Waals surface area contributed by atoms with Gasteiger partial charge in [0.05, 0.1) is 13.2 Å². The Balaban J connectivity index is 2.06. The Morgan fingerprint density at radius 1 is 1.36 bits per heavy atom. The molecular formula is C15H19ClN2O4. The summed E-state index contributed by atoms with van der Waals surface area (Å²) in [5.74, 6) is -0.256. The number of halogens is 1. The predicted octanol–water partition coefficient (Wildman–Crippen LogP) is 1.21. The first-order valence-corrected chi connectivity index (χ1v) is 7.32. The summed E-state index contributed by atoms with van der Waals surface area (Å²) < 4.78 is 11.0. The summed E-state index contributed by atoms with van der Waals surface area (Å²) in [7, 11) is 0. The van der Waals surface area contributed by atoms with Gasteiger partial charge in [0, 0.05) is 11.6 Å². The Morgan fingerprint density at radius 3 is 2.59 bits per heavy atom. The van der Waals surface area contributed by atoms with Crippen LogP contribution in [0.2, 0.25) is 5.02 Å². The van der Waals surface area contributed by atoms with Crippen LogP contribution in [0.3, 0.4) is 0 Å². The Bertz CT molecular complexity index is 559. The number of ether oxygens (including phenoxy) is 2. The Morgan fingerprint density at radius 2 is 2.00 bits per heavy atom. The molecule has 6 nitrogen and oxygen atoms in total. The zero-order chi connectivity index (χ0) is 16.3. The predicted molar refractivity (Wildman–Crippen MR) is 81.7 cm³/mol.